The lowest BCUT2D eigenvalue weighted by atomic mass is 10.0. The predicted octanol–water partition coefficient (Wildman–Crippen LogP) is 27.9. The number of aliphatic hydroxyl groups excluding tert-OH is 1. The van der Waals surface area contributed by atoms with Gasteiger partial charge in [0.05, 0.1) is 26.4 Å². The minimum Gasteiger partial charge on any atom is -0.462 e. The lowest BCUT2D eigenvalue weighted by molar-refractivity contribution is -0.161. The normalized spacial score (nSPS) is 13.7. The molecule has 19 heteroatoms. The molecule has 0 fully saturated rings. The van der Waals surface area contributed by atoms with Crippen molar-refractivity contribution in [2.45, 2.75) is 509 Å². The number of phosphoric acid groups is 2. The number of hydrogen-bond acceptors (Lipinski definition) is 15. The van der Waals surface area contributed by atoms with E-state index in [-0.39, 0.29) is 25.7 Å². The Labute approximate surface area is 670 Å². The van der Waals surface area contributed by atoms with Gasteiger partial charge in [0.15, 0.2) is 12.2 Å². The van der Waals surface area contributed by atoms with Crippen molar-refractivity contribution in [2.24, 2.45) is 5.92 Å². The van der Waals surface area contributed by atoms with Crippen LogP contribution in [0.5, 0.6) is 0 Å². The summed E-state index contributed by atoms with van der Waals surface area (Å²) in [6, 6.07) is 0. The van der Waals surface area contributed by atoms with Crippen molar-refractivity contribution in [3.63, 3.8) is 0 Å². The Kier molecular flexibility index (Phi) is 81.1. The van der Waals surface area contributed by atoms with Gasteiger partial charge in [0.1, 0.15) is 19.3 Å². The van der Waals surface area contributed by atoms with Crippen molar-refractivity contribution >= 4 is 39.5 Å². The van der Waals surface area contributed by atoms with Gasteiger partial charge in [-0.05, 0) is 31.6 Å². The molecule has 109 heavy (non-hydrogen) atoms. The summed E-state index contributed by atoms with van der Waals surface area (Å²) in [5.74, 6) is -1.27. The number of unbranched alkanes of at least 4 members (excludes halogenated alkanes) is 62. The van der Waals surface area contributed by atoms with Crippen LogP contribution in [0.4, 0.5) is 0 Å². The molecule has 0 aliphatic heterocycles. The number of carbonyl (C=O) groups is 4. The third-order valence-electron chi connectivity index (χ3n) is 21.3. The molecule has 0 aromatic rings. The SMILES string of the molecule is CCCCCCCCCCCCCCCCCCCCCCCCC(=O)O[C@H](COC(=O)CCCCCCCCCCCCCCCCCCCCC(C)C)COP(=O)(O)OC[C@@H](O)COP(=O)(O)OC[C@@H](COC(=O)CCCCCCCCCCCCCC)OC(=O)CCCCCCCCCCCCCCCC. The highest BCUT2D eigenvalue weighted by Crippen LogP contribution is 2.45. The van der Waals surface area contributed by atoms with Crippen LogP contribution in [0.1, 0.15) is 490 Å². The molecule has 0 heterocycles. The Morgan fingerprint density at radius 1 is 0.248 bits per heavy atom. The van der Waals surface area contributed by atoms with Gasteiger partial charge in [-0.2, -0.15) is 0 Å². The fourth-order valence-electron chi connectivity index (χ4n) is 14.2. The zero-order valence-corrected chi connectivity index (χ0v) is 73.5. The lowest BCUT2D eigenvalue weighted by Gasteiger charge is -2.21. The molecular weight excluding hydrogens is 1410 g/mol. The zero-order valence-electron chi connectivity index (χ0n) is 71.7. The molecule has 0 radical (unpaired) electrons. The molecule has 0 amide bonds. The standard InChI is InChI=1S/C90H176O17P2/c1-6-9-12-15-18-21-24-27-29-30-31-32-33-34-39-42-46-51-56-61-66-71-76-90(95)107-86(80-101-88(93)74-69-64-59-54-49-45-41-38-36-35-37-40-43-47-52-57-62-67-72-83(4)5)82-105-109(98,99)103-78-84(91)77-102-108(96,97)104-81-85(79-100-87(92)73-68-63-58-53-48-26-23-20-17-14-11-8-3)106-89(94)75-70-65-60-55-50-44-28-25-22-19-16-13-10-7-2/h83-86,91H,6-82H2,1-5H3,(H,96,97)(H,98,99)/t84-,85+,86+/m0/s1. The average molecular weight is 1590 g/mol. The van der Waals surface area contributed by atoms with Gasteiger partial charge in [-0.25, -0.2) is 9.13 Å². The number of hydrogen-bond donors (Lipinski definition) is 3. The van der Waals surface area contributed by atoms with Crippen LogP contribution in [-0.2, 0) is 65.4 Å². The molecule has 0 aliphatic carbocycles. The second kappa shape index (κ2) is 82.6. The van der Waals surface area contributed by atoms with Gasteiger partial charge in [-0.3, -0.25) is 37.3 Å². The quantitative estimate of drug-likeness (QED) is 0.0222. The maximum atomic E-state index is 13.2. The van der Waals surface area contributed by atoms with Crippen molar-refractivity contribution in [1.82, 2.24) is 0 Å². The van der Waals surface area contributed by atoms with E-state index in [2.05, 4.69) is 34.6 Å². The summed E-state index contributed by atoms with van der Waals surface area (Å²) >= 11 is 0. The number of esters is 4. The summed E-state index contributed by atoms with van der Waals surface area (Å²) in [6.07, 6.45) is 77.8. The van der Waals surface area contributed by atoms with Gasteiger partial charge < -0.3 is 33.8 Å². The van der Waals surface area contributed by atoms with Gasteiger partial charge in [-0.1, -0.05) is 439 Å². The van der Waals surface area contributed by atoms with Gasteiger partial charge in [0.25, 0.3) is 0 Å². The molecule has 0 aromatic carbocycles. The molecule has 0 saturated heterocycles. The van der Waals surface area contributed by atoms with E-state index in [4.69, 9.17) is 37.0 Å². The topological polar surface area (TPSA) is 237 Å². The highest BCUT2D eigenvalue weighted by Gasteiger charge is 2.31. The van der Waals surface area contributed by atoms with Crippen LogP contribution in [0.2, 0.25) is 0 Å². The summed E-state index contributed by atoms with van der Waals surface area (Å²) in [7, 11) is -9.93. The van der Waals surface area contributed by atoms with Crippen LogP contribution in [0.3, 0.4) is 0 Å². The van der Waals surface area contributed by atoms with E-state index in [1.807, 2.05) is 0 Å². The highest BCUT2D eigenvalue weighted by atomic mass is 31.2. The largest absolute Gasteiger partial charge is 0.472 e. The summed E-state index contributed by atoms with van der Waals surface area (Å²) in [5.41, 5.74) is 0. The first kappa shape index (κ1) is 107. The highest BCUT2D eigenvalue weighted by molar-refractivity contribution is 7.47. The molecule has 0 aliphatic rings. The molecular formula is C90H176O17P2. The Hall–Kier alpha value is -1.94. The van der Waals surface area contributed by atoms with Crippen molar-refractivity contribution in [1.29, 1.82) is 0 Å². The number of aliphatic hydroxyl groups is 1. The molecule has 0 spiro atoms. The number of phosphoric ester groups is 2. The molecule has 648 valence electrons. The van der Waals surface area contributed by atoms with E-state index in [0.717, 1.165) is 95.8 Å². The predicted molar refractivity (Wildman–Crippen MR) is 451 cm³/mol. The van der Waals surface area contributed by atoms with Gasteiger partial charge in [0.2, 0.25) is 0 Å². The number of rotatable bonds is 90. The lowest BCUT2D eigenvalue weighted by Crippen LogP contribution is -2.30. The Balaban J connectivity index is 5.22. The minimum absolute atomic E-state index is 0.109. The van der Waals surface area contributed by atoms with Crippen molar-refractivity contribution < 1.29 is 80.2 Å². The van der Waals surface area contributed by atoms with Crippen LogP contribution in [0.25, 0.3) is 0 Å². The van der Waals surface area contributed by atoms with Crippen LogP contribution < -0.4 is 0 Å². The van der Waals surface area contributed by atoms with Crippen LogP contribution in [0, 0.1) is 5.92 Å². The third kappa shape index (κ3) is 83.8. The summed E-state index contributed by atoms with van der Waals surface area (Å²) in [5, 5.41) is 10.7. The van der Waals surface area contributed by atoms with Crippen molar-refractivity contribution in [3.05, 3.63) is 0 Å². The first-order chi connectivity index (χ1) is 53.0. The summed E-state index contributed by atoms with van der Waals surface area (Å²) < 4.78 is 69.0. The Bertz CT molecular complexity index is 2070. The third-order valence-corrected chi connectivity index (χ3v) is 23.2. The molecule has 3 N–H and O–H groups in total. The van der Waals surface area contributed by atoms with Gasteiger partial charge in [-0.15, -0.1) is 0 Å². The van der Waals surface area contributed by atoms with E-state index >= 15 is 0 Å². The Morgan fingerprint density at radius 3 is 0.624 bits per heavy atom. The van der Waals surface area contributed by atoms with E-state index in [9.17, 15) is 43.2 Å². The summed E-state index contributed by atoms with van der Waals surface area (Å²) in [6.45, 7) is 7.43. The second-order valence-electron chi connectivity index (χ2n) is 32.8. The zero-order chi connectivity index (χ0) is 79.7. The number of carbonyl (C=O) groups excluding carboxylic acids is 4. The summed E-state index contributed by atoms with van der Waals surface area (Å²) in [4.78, 5) is 73.4. The van der Waals surface area contributed by atoms with Crippen molar-refractivity contribution in [3.8, 4) is 0 Å². The van der Waals surface area contributed by atoms with E-state index in [1.54, 1.807) is 0 Å². The first-order valence-corrected chi connectivity index (χ1v) is 49.6. The molecule has 0 rings (SSSR count). The maximum Gasteiger partial charge on any atom is 0.472 e. The molecule has 17 nitrogen and oxygen atoms in total. The first-order valence-electron chi connectivity index (χ1n) is 46.6. The molecule has 0 saturated carbocycles. The Morgan fingerprint density at radius 2 is 0.422 bits per heavy atom. The maximum absolute atomic E-state index is 13.2. The fraction of sp³-hybridized carbons (Fsp3) is 0.956. The van der Waals surface area contributed by atoms with E-state index < -0.39 is 97.5 Å². The molecule has 0 bridgehead atoms. The van der Waals surface area contributed by atoms with Gasteiger partial charge >= 0.3 is 39.5 Å². The minimum atomic E-state index is -4.97. The second-order valence-corrected chi connectivity index (χ2v) is 35.7. The van der Waals surface area contributed by atoms with Crippen molar-refractivity contribution in [2.75, 3.05) is 39.6 Å². The van der Waals surface area contributed by atoms with Crippen LogP contribution in [-0.4, -0.2) is 96.7 Å². The fourth-order valence-corrected chi connectivity index (χ4v) is 15.8. The van der Waals surface area contributed by atoms with Crippen LogP contribution >= 0.6 is 15.6 Å². The molecule has 2 unspecified atom stereocenters. The molecule has 0 aromatic heterocycles. The van der Waals surface area contributed by atoms with Crippen LogP contribution in [0.15, 0.2) is 0 Å². The van der Waals surface area contributed by atoms with Gasteiger partial charge in [0, 0.05) is 25.7 Å². The van der Waals surface area contributed by atoms with E-state index in [1.165, 1.54) is 315 Å². The smallest absolute Gasteiger partial charge is 0.462 e. The number of ether oxygens (including phenoxy) is 4. The monoisotopic (exact) mass is 1590 g/mol. The van der Waals surface area contributed by atoms with E-state index in [0.29, 0.717) is 25.7 Å². The molecule has 5 atom stereocenters. The average Bonchev–Trinajstić information content (AvgIpc) is 0.899.